The number of carboxylic acids is 1. The van der Waals surface area contributed by atoms with Crippen LogP contribution in [0.4, 0.5) is 0 Å². The van der Waals surface area contributed by atoms with Gasteiger partial charge in [-0.3, -0.25) is 9.69 Å². The normalized spacial score (nSPS) is 18.8. The Hall–Kier alpha value is -1.79. The van der Waals surface area contributed by atoms with Gasteiger partial charge in [0, 0.05) is 18.3 Å². The number of nitrogens with two attached hydrogens (primary N) is 1. The summed E-state index contributed by atoms with van der Waals surface area (Å²) in [4.78, 5) is 17.6. The van der Waals surface area contributed by atoms with Crippen LogP contribution in [0.5, 0.6) is 0 Å². The van der Waals surface area contributed by atoms with Gasteiger partial charge in [-0.15, -0.1) is 0 Å². The average molecular weight is 355 g/mol. The van der Waals surface area contributed by atoms with Crippen molar-refractivity contribution in [2.24, 2.45) is 11.7 Å². The quantitative estimate of drug-likeness (QED) is 0.502. The molecule has 0 amide bonds. The Labute approximate surface area is 156 Å². The van der Waals surface area contributed by atoms with Crippen LogP contribution < -0.4 is 5.73 Å². The maximum atomic E-state index is 11.9. The van der Waals surface area contributed by atoms with Gasteiger partial charge in [0.1, 0.15) is 13.4 Å². The van der Waals surface area contributed by atoms with Crippen LogP contribution in [0.3, 0.4) is 0 Å². The third-order valence-electron chi connectivity index (χ3n) is 5.98. The van der Waals surface area contributed by atoms with Gasteiger partial charge in [0.25, 0.3) is 0 Å². The van der Waals surface area contributed by atoms with Crippen LogP contribution in [0.2, 0.25) is 6.32 Å². The molecule has 2 heterocycles. The van der Waals surface area contributed by atoms with Crippen LogP contribution in [0.1, 0.15) is 37.7 Å². The molecule has 4 N–H and O–H groups in total. The molecule has 0 aliphatic carbocycles. The van der Waals surface area contributed by atoms with Crippen molar-refractivity contribution < 1.29 is 9.90 Å². The SMILES string of the molecule is BCCCCC(N)(C(=O)O)C1CCN(Cc2cccc3cc[nH]c23)CC1. The smallest absolute Gasteiger partial charge is 0.323 e. The van der Waals surface area contributed by atoms with Gasteiger partial charge in [-0.2, -0.15) is 0 Å². The van der Waals surface area contributed by atoms with Crippen molar-refractivity contribution in [2.45, 2.75) is 50.5 Å². The average Bonchev–Trinajstić information content (AvgIpc) is 3.12. The number of carboxylic acid groups (broad SMARTS) is 1. The number of unbranched alkanes of at least 4 members (excludes halogenated alkanes) is 1. The first-order valence-corrected chi connectivity index (χ1v) is 9.84. The number of aliphatic carboxylic acids is 1. The van der Waals surface area contributed by atoms with Crippen LogP contribution in [-0.4, -0.2) is 47.4 Å². The number of aromatic nitrogens is 1. The highest BCUT2D eigenvalue weighted by Gasteiger charge is 2.42. The number of hydrogen-bond acceptors (Lipinski definition) is 3. The number of para-hydroxylation sites is 1. The van der Waals surface area contributed by atoms with Crippen LogP contribution >= 0.6 is 0 Å². The lowest BCUT2D eigenvalue weighted by Crippen LogP contribution is -2.56. The Bertz CT molecular complexity index is 739. The number of aromatic amines is 1. The molecule has 0 spiro atoms. The van der Waals surface area contributed by atoms with E-state index in [2.05, 4.69) is 42.0 Å². The van der Waals surface area contributed by atoms with Gasteiger partial charge in [0.2, 0.25) is 0 Å². The number of rotatable bonds is 8. The Morgan fingerprint density at radius 3 is 2.77 bits per heavy atom. The van der Waals surface area contributed by atoms with Crippen molar-refractivity contribution in [1.29, 1.82) is 0 Å². The zero-order chi connectivity index (χ0) is 18.6. The van der Waals surface area contributed by atoms with Crippen LogP contribution in [0.15, 0.2) is 30.5 Å². The number of piperidine rings is 1. The summed E-state index contributed by atoms with van der Waals surface area (Å²) in [5.74, 6) is -0.766. The van der Waals surface area contributed by atoms with Crippen molar-refractivity contribution in [3.8, 4) is 0 Å². The van der Waals surface area contributed by atoms with E-state index in [0.29, 0.717) is 6.42 Å². The molecule has 140 valence electrons. The highest BCUT2D eigenvalue weighted by atomic mass is 16.4. The van der Waals surface area contributed by atoms with E-state index in [0.717, 1.165) is 51.6 Å². The van der Waals surface area contributed by atoms with Gasteiger partial charge in [-0.1, -0.05) is 37.4 Å². The molecule has 2 aromatic rings. The highest BCUT2D eigenvalue weighted by Crippen LogP contribution is 2.32. The molecule has 0 radical (unpaired) electrons. The molecule has 0 bridgehead atoms. The predicted octanol–water partition coefficient (Wildman–Crippen LogP) is 2.38. The first kappa shape index (κ1) is 19.0. The van der Waals surface area contributed by atoms with Gasteiger partial charge in [0.15, 0.2) is 0 Å². The maximum Gasteiger partial charge on any atom is 0.323 e. The van der Waals surface area contributed by atoms with Gasteiger partial charge >= 0.3 is 5.97 Å². The van der Waals surface area contributed by atoms with E-state index in [4.69, 9.17) is 5.73 Å². The van der Waals surface area contributed by atoms with Gasteiger partial charge in [-0.05, 0) is 55.3 Å². The van der Waals surface area contributed by atoms with E-state index in [-0.39, 0.29) is 5.92 Å². The summed E-state index contributed by atoms with van der Waals surface area (Å²) in [6, 6.07) is 8.48. The zero-order valence-corrected chi connectivity index (χ0v) is 15.7. The summed E-state index contributed by atoms with van der Waals surface area (Å²) in [6.45, 7) is 2.70. The summed E-state index contributed by atoms with van der Waals surface area (Å²) in [5, 5.41) is 11.0. The zero-order valence-electron chi connectivity index (χ0n) is 15.7. The minimum absolute atomic E-state index is 0.0642. The summed E-state index contributed by atoms with van der Waals surface area (Å²) < 4.78 is 0. The second-order valence-electron chi connectivity index (χ2n) is 7.71. The fourth-order valence-corrected chi connectivity index (χ4v) is 4.28. The van der Waals surface area contributed by atoms with E-state index < -0.39 is 11.5 Å². The molecule has 26 heavy (non-hydrogen) atoms. The standard InChI is InChI=1S/C20H30BN3O2/c21-10-2-1-9-20(22,19(25)26)17-7-12-24(13-8-17)14-16-5-3-4-15-6-11-23-18(15)16/h3-6,11,17,23H,1-2,7-10,12-14,21-22H2,(H,25,26). The Morgan fingerprint density at radius 2 is 2.08 bits per heavy atom. The Balaban J connectivity index is 1.61. The molecule has 1 aromatic carbocycles. The Kier molecular flexibility index (Phi) is 6.04. The van der Waals surface area contributed by atoms with E-state index >= 15 is 0 Å². The molecular weight excluding hydrogens is 325 g/mol. The van der Waals surface area contributed by atoms with Crippen molar-refractivity contribution in [2.75, 3.05) is 13.1 Å². The summed E-state index contributed by atoms with van der Waals surface area (Å²) in [6.07, 6.45) is 7.30. The summed E-state index contributed by atoms with van der Waals surface area (Å²) in [5.41, 5.74) is 7.82. The van der Waals surface area contributed by atoms with Crippen LogP contribution in [-0.2, 0) is 11.3 Å². The fourth-order valence-electron chi connectivity index (χ4n) is 4.28. The molecular formula is C20H30BN3O2. The Morgan fingerprint density at radius 1 is 1.31 bits per heavy atom. The molecule has 0 saturated carbocycles. The number of nitrogens with one attached hydrogen (secondary N) is 1. The van der Waals surface area contributed by atoms with E-state index in [9.17, 15) is 9.90 Å². The molecule has 1 saturated heterocycles. The predicted molar refractivity (Wildman–Crippen MR) is 108 cm³/mol. The molecule has 1 aliphatic heterocycles. The molecule has 1 aliphatic rings. The third-order valence-corrected chi connectivity index (χ3v) is 5.98. The van der Waals surface area contributed by atoms with Gasteiger partial charge in [-0.25, -0.2) is 0 Å². The highest BCUT2D eigenvalue weighted by molar-refractivity contribution is 6.08. The number of nitrogens with zero attached hydrogens (tertiary/aromatic N) is 1. The monoisotopic (exact) mass is 355 g/mol. The third kappa shape index (κ3) is 3.97. The largest absolute Gasteiger partial charge is 0.480 e. The number of likely N-dealkylation sites (tertiary alicyclic amines) is 1. The lowest BCUT2D eigenvalue weighted by atomic mass is 9.75. The summed E-state index contributed by atoms with van der Waals surface area (Å²) >= 11 is 0. The number of H-pyrrole nitrogens is 1. The van der Waals surface area contributed by atoms with Crippen molar-refractivity contribution in [1.82, 2.24) is 9.88 Å². The first-order valence-electron chi connectivity index (χ1n) is 9.84. The minimum Gasteiger partial charge on any atom is -0.480 e. The van der Waals surface area contributed by atoms with Crippen LogP contribution in [0, 0.1) is 5.92 Å². The van der Waals surface area contributed by atoms with E-state index in [1.54, 1.807) is 0 Å². The molecule has 3 rings (SSSR count). The molecule has 1 unspecified atom stereocenters. The van der Waals surface area contributed by atoms with Crippen LogP contribution in [0.25, 0.3) is 10.9 Å². The number of benzene rings is 1. The lowest BCUT2D eigenvalue weighted by Gasteiger charge is -2.40. The number of fused-ring (bicyclic) bond motifs is 1. The fraction of sp³-hybridized carbons (Fsp3) is 0.550. The first-order chi connectivity index (χ1) is 12.5. The minimum atomic E-state index is -1.07. The van der Waals surface area contributed by atoms with Crippen molar-refractivity contribution in [3.05, 3.63) is 36.0 Å². The number of hydrogen-bond donors (Lipinski definition) is 3. The van der Waals surface area contributed by atoms with Crippen molar-refractivity contribution in [3.63, 3.8) is 0 Å². The topological polar surface area (TPSA) is 82.3 Å². The second-order valence-corrected chi connectivity index (χ2v) is 7.71. The van der Waals surface area contributed by atoms with Crippen molar-refractivity contribution >= 4 is 24.7 Å². The summed E-state index contributed by atoms with van der Waals surface area (Å²) in [7, 11) is 2.13. The van der Waals surface area contributed by atoms with E-state index in [1.165, 1.54) is 16.5 Å². The molecule has 1 atom stereocenters. The lowest BCUT2D eigenvalue weighted by molar-refractivity contribution is -0.147. The molecule has 1 aromatic heterocycles. The molecule has 1 fully saturated rings. The second kappa shape index (κ2) is 8.27. The molecule has 6 heteroatoms. The van der Waals surface area contributed by atoms with Gasteiger partial charge in [0.05, 0.1) is 0 Å². The molecule has 5 nitrogen and oxygen atoms in total. The van der Waals surface area contributed by atoms with E-state index in [1.807, 2.05) is 6.20 Å². The maximum absolute atomic E-state index is 11.9. The van der Waals surface area contributed by atoms with Gasteiger partial charge < -0.3 is 15.8 Å². The number of carbonyl (C=O) groups is 1.